The first-order valence-corrected chi connectivity index (χ1v) is 6.49. The average Bonchev–Trinajstić information content (AvgIpc) is 2.67. The van der Waals surface area contributed by atoms with Crippen LogP contribution < -0.4 is 5.32 Å². The topological polar surface area (TPSA) is 64.6 Å². The van der Waals surface area contributed by atoms with Crippen molar-refractivity contribution >= 4 is 12.1 Å². The lowest BCUT2D eigenvalue weighted by Crippen LogP contribution is -2.55. The molecule has 0 aliphatic heterocycles. The van der Waals surface area contributed by atoms with E-state index in [1.54, 1.807) is 20.8 Å². The van der Waals surface area contributed by atoms with Gasteiger partial charge in [-0.1, -0.05) is 0 Å². The van der Waals surface area contributed by atoms with Gasteiger partial charge in [-0.05, 0) is 33.6 Å². The molecule has 7 heteroatoms. The van der Waals surface area contributed by atoms with Gasteiger partial charge in [0, 0.05) is 11.8 Å². The number of nitrogens with one attached hydrogen (secondary N) is 1. The molecule has 1 N–H and O–H groups in total. The summed E-state index contributed by atoms with van der Waals surface area (Å²) in [6.07, 6.45) is -1.03. The third kappa shape index (κ3) is 2.45. The molecular weight excluding hydrogens is 272 g/mol. The van der Waals surface area contributed by atoms with Crippen LogP contribution in [0.3, 0.4) is 0 Å². The van der Waals surface area contributed by atoms with Crippen molar-refractivity contribution in [2.75, 3.05) is 7.11 Å². The highest BCUT2D eigenvalue weighted by Gasteiger charge is 2.76. The van der Waals surface area contributed by atoms with E-state index < -0.39 is 41.0 Å². The summed E-state index contributed by atoms with van der Waals surface area (Å²) in [6.45, 7) is 5.03. The number of alkyl carbamates (subject to hydrolysis) is 1. The third-order valence-corrected chi connectivity index (χ3v) is 3.82. The zero-order valence-corrected chi connectivity index (χ0v) is 12.0. The molecule has 114 valence electrons. The number of hydrogen-bond acceptors (Lipinski definition) is 4. The van der Waals surface area contributed by atoms with Crippen LogP contribution in [0.15, 0.2) is 0 Å². The number of amides is 1. The number of hydrogen-bond donors (Lipinski definition) is 1. The normalized spacial score (nSPS) is 29.3. The van der Waals surface area contributed by atoms with Crippen LogP contribution in [0, 0.1) is 11.8 Å². The number of fused-ring (bicyclic) bond motifs is 1. The highest BCUT2D eigenvalue weighted by molar-refractivity contribution is 5.86. The van der Waals surface area contributed by atoms with Crippen molar-refractivity contribution in [2.24, 2.45) is 11.8 Å². The van der Waals surface area contributed by atoms with Crippen molar-refractivity contribution < 1.29 is 27.8 Å². The molecule has 0 aromatic rings. The number of halogens is 2. The van der Waals surface area contributed by atoms with Crippen LogP contribution in [0.2, 0.25) is 0 Å². The van der Waals surface area contributed by atoms with Gasteiger partial charge in [0.05, 0.1) is 7.11 Å². The van der Waals surface area contributed by atoms with Gasteiger partial charge in [-0.25, -0.2) is 18.4 Å². The second-order valence-electron chi connectivity index (χ2n) is 6.50. The first-order valence-electron chi connectivity index (χ1n) is 6.49. The van der Waals surface area contributed by atoms with Gasteiger partial charge in [0.25, 0.3) is 5.92 Å². The minimum atomic E-state index is -2.73. The number of esters is 1. The highest BCUT2D eigenvalue weighted by atomic mass is 19.3. The SMILES string of the molecule is COC(=O)C1(NC(=O)OC(C)(C)C)C[C@H]2[C@H](C1)C2(F)F. The van der Waals surface area contributed by atoms with E-state index in [4.69, 9.17) is 4.74 Å². The Kier molecular flexibility index (Phi) is 3.22. The predicted octanol–water partition coefficient (Wildman–Crippen LogP) is 2.10. The molecule has 2 saturated carbocycles. The molecular formula is C13H19F2NO4. The largest absolute Gasteiger partial charge is 0.467 e. The molecule has 0 aromatic heterocycles. The zero-order chi connectivity index (χ0) is 15.3. The number of methoxy groups -OCH3 is 1. The molecule has 0 aromatic carbocycles. The van der Waals surface area contributed by atoms with Gasteiger partial charge in [-0.2, -0.15) is 0 Å². The number of rotatable bonds is 2. The van der Waals surface area contributed by atoms with Crippen LogP contribution in [0.1, 0.15) is 33.6 Å². The Morgan fingerprint density at radius 1 is 1.20 bits per heavy atom. The Labute approximate surface area is 116 Å². The van der Waals surface area contributed by atoms with Gasteiger partial charge in [0.1, 0.15) is 11.1 Å². The van der Waals surface area contributed by atoms with Crippen molar-refractivity contribution in [1.29, 1.82) is 0 Å². The predicted molar refractivity (Wildman–Crippen MR) is 65.3 cm³/mol. The number of alkyl halides is 2. The zero-order valence-electron chi connectivity index (χ0n) is 12.0. The molecule has 0 heterocycles. The maximum atomic E-state index is 13.3. The number of carbonyl (C=O) groups is 2. The molecule has 2 aliphatic rings. The van der Waals surface area contributed by atoms with Gasteiger partial charge in [0.2, 0.25) is 0 Å². The fourth-order valence-electron chi connectivity index (χ4n) is 2.87. The standard InChI is InChI=1S/C13H19F2NO4/c1-11(2,3)20-10(18)16-12(9(17)19-4)5-7-8(6-12)13(7,14)15/h7-8H,5-6H2,1-4H3,(H,16,18)/t7-,8-/m0/s1. The van der Waals surface area contributed by atoms with E-state index in [-0.39, 0.29) is 12.8 Å². The molecule has 0 radical (unpaired) electrons. The molecule has 1 amide bonds. The molecule has 2 rings (SSSR count). The summed E-state index contributed by atoms with van der Waals surface area (Å²) in [5.41, 5.74) is -2.12. The molecule has 20 heavy (non-hydrogen) atoms. The Balaban J connectivity index is 2.08. The van der Waals surface area contributed by atoms with E-state index in [0.29, 0.717) is 0 Å². The number of carbonyl (C=O) groups excluding carboxylic acids is 2. The van der Waals surface area contributed by atoms with Crippen LogP contribution in [0.25, 0.3) is 0 Å². The highest BCUT2D eigenvalue weighted by Crippen LogP contribution is 2.66. The molecule has 2 aliphatic carbocycles. The second kappa shape index (κ2) is 4.30. The van der Waals surface area contributed by atoms with Crippen molar-refractivity contribution in [1.82, 2.24) is 5.32 Å². The molecule has 0 bridgehead atoms. The minimum absolute atomic E-state index is 0.115. The third-order valence-electron chi connectivity index (χ3n) is 3.82. The lowest BCUT2D eigenvalue weighted by molar-refractivity contribution is -0.149. The van der Waals surface area contributed by atoms with Crippen molar-refractivity contribution in [3.8, 4) is 0 Å². The fourth-order valence-corrected chi connectivity index (χ4v) is 2.87. The van der Waals surface area contributed by atoms with E-state index in [1.807, 2.05) is 0 Å². The summed E-state index contributed by atoms with van der Waals surface area (Å²) in [5.74, 6) is -5.16. The molecule has 2 atom stereocenters. The van der Waals surface area contributed by atoms with Crippen molar-refractivity contribution in [2.45, 2.75) is 50.7 Å². The van der Waals surface area contributed by atoms with Gasteiger partial charge in [0.15, 0.2) is 0 Å². The summed E-state index contributed by atoms with van der Waals surface area (Å²) in [6, 6.07) is 0. The van der Waals surface area contributed by atoms with Crippen LogP contribution >= 0.6 is 0 Å². The lowest BCUT2D eigenvalue weighted by atomic mass is 9.92. The van der Waals surface area contributed by atoms with E-state index in [9.17, 15) is 18.4 Å². The second-order valence-corrected chi connectivity index (χ2v) is 6.50. The van der Waals surface area contributed by atoms with Gasteiger partial charge >= 0.3 is 12.1 Å². The summed E-state index contributed by atoms with van der Waals surface area (Å²) < 4.78 is 36.3. The number of ether oxygens (including phenoxy) is 2. The molecule has 0 spiro atoms. The molecule has 5 nitrogen and oxygen atoms in total. The van der Waals surface area contributed by atoms with Crippen molar-refractivity contribution in [3.05, 3.63) is 0 Å². The first kappa shape index (κ1) is 15.0. The Hall–Kier alpha value is -1.40. The van der Waals surface area contributed by atoms with Crippen molar-refractivity contribution in [3.63, 3.8) is 0 Å². The van der Waals surface area contributed by atoms with Crippen LogP contribution in [0.5, 0.6) is 0 Å². The Morgan fingerprint density at radius 3 is 2.10 bits per heavy atom. The fraction of sp³-hybridized carbons (Fsp3) is 0.846. The lowest BCUT2D eigenvalue weighted by Gasteiger charge is -2.31. The van der Waals surface area contributed by atoms with Crippen LogP contribution in [0.4, 0.5) is 13.6 Å². The average molecular weight is 291 g/mol. The Morgan fingerprint density at radius 2 is 1.70 bits per heavy atom. The summed E-state index contributed by atoms with van der Waals surface area (Å²) in [5, 5.41) is 2.43. The van der Waals surface area contributed by atoms with E-state index in [2.05, 4.69) is 10.1 Å². The molecule has 0 saturated heterocycles. The quantitative estimate of drug-likeness (QED) is 0.791. The van der Waals surface area contributed by atoms with E-state index in [1.165, 1.54) is 7.11 Å². The van der Waals surface area contributed by atoms with E-state index in [0.717, 1.165) is 0 Å². The maximum Gasteiger partial charge on any atom is 0.408 e. The summed E-state index contributed by atoms with van der Waals surface area (Å²) >= 11 is 0. The monoisotopic (exact) mass is 291 g/mol. The molecule has 0 unspecified atom stereocenters. The van der Waals surface area contributed by atoms with E-state index >= 15 is 0 Å². The van der Waals surface area contributed by atoms with Crippen LogP contribution in [-0.4, -0.2) is 36.2 Å². The summed E-state index contributed by atoms with van der Waals surface area (Å²) in [4.78, 5) is 23.7. The summed E-state index contributed by atoms with van der Waals surface area (Å²) in [7, 11) is 1.17. The van der Waals surface area contributed by atoms with Crippen LogP contribution in [-0.2, 0) is 14.3 Å². The molecule has 2 fully saturated rings. The Bertz CT molecular complexity index is 430. The van der Waals surface area contributed by atoms with Gasteiger partial charge in [-0.3, -0.25) is 0 Å². The first-order chi connectivity index (χ1) is 9.02. The maximum absolute atomic E-state index is 13.3. The smallest absolute Gasteiger partial charge is 0.408 e. The minimum Gasteiger partial charge on any atom is -0.467 e. The van der Waals surface area contributed by atoms with Gasteiger partial charge < -0.3 is 14.8 Å². The van der Waals surface area contributed by atoms with Gasteiger partial charge in [-0.15, -0.1) is 0 Å².